The van der Waals surface area contributed by atoms with Gasteiger partial charge in [0, 0.05) is 29.7 Å². The van der Waals surface area contributed by atoms with E-state index in [1.54, 1.807) is 24.3 Å². The number of ether oxygens (including phenoxy) is 1. The van der Waals surface area contributed by atoms with Gasteiger partial charge in [-0.25, -0.2) is 14.4 Å². The molecule has 0 saturated carbocycles. The Bertz CT molecular complexity index is 1520. The van der Waals surface area contributed by atoms with E-state index in [0.717, 1.165) is 33.3 Å². The van der Waals surface area contributed by atoms with E-state index in [0.29, 0.717) is 23.1 Å². The van der Waals surface area contributed by atoms with Crippen LogP contribution in [0.2, 0.25) is 5.02 Å². The monoisotopic (exact) mass is 485 g/mol. The molecular formula is C27H21ClFN5O. The molecule has 0 saturated heterocycles. The fraction of sp³-hybridized carbons (Fsp3) is 0.0741. The van der Waals surface area contributed by atoms with E-state index < -0.39 is 0 Å². The second-order valence-electron chi connectivity index (χ2n) is 7.94. The van der Waals surface area contributed by atoms with Gasteiger partial charge in [0.25, 0.3) is 0 Å². The molecule has 0 unspecified atom stereocenters. The Hall–Kier alpha value is -4.23. The van der Waals surface area contributed by atoms with Crippen LogP contribution >= 0.6 is 11.6 Å². The van der Waals surface area contributed by atoms with Crippen molar-refractivity contribution in [3.8, 4) is 16.9 Å². The highest BCUT2D eigenvalue weighted by molar-refractivity contribution is 6.32. The molecule has 6 nitrogen and oxygen atoms in total. The van der Waals surface area contributed by atoms with Crippen molar-refractivity contribution < 1.29 is 9.13 Å². The largest absolute Gasteiger partial charge is 0.487 e. The lowest BCUT2D eigenvalue weighted by Gasteiger charge is -2.12. The molecule has 0 atom stereocenters. The Labute approximate surface area is 206 Å². The Kier molecular flexibility index (Phi) is 6.41. The molecule has 0 fully saturated rings. The van der Waals surface area contributed by atoms with Gasteiger partial charge in [0.05, 0.1) is 17.1 Å². The zero-order chi connectivity index (χ0) is 24.2. The van der Waals surface area contributed by atoms with Crippen molar-refractivity contribution in [1.82, 2.24) is 14.5 Å². The van der Waals surface area contributed by atoms with Crippen LogP contribution in [0.15, 0.2) is 85.5 Å². The van der Waals surface area contributed by atoms with Gasteiger partial charge in [0.1, 0.15) is 30.3 Å². The highest BCUT2D eigenvalue weighted by atomic mass is 35.5. The summed E-state index contributed by atoms with van der Waals surface area (Å²) in [5.74, 6) is 0.854. The summed E-state index contributed by atoms with van der Waals surface area (Å²) in [7, 11) is 0. The summed E-state index contributed by atoms with van der Waals surface area (Å²) in [5, 5.41) is 11.9. The number of nitrogens with one attached hydrogen (secondary N) is 2. The highest BCUT2D eigenvalue weighted by Crippen LogP contribution is 2.32. The lowest BCUT2D eigenvalue weighted by atomic mass is 10.1. The minimum Gasteiger partial charge on any atom is -0.487 e. The molecule has 35 heavy (non-hydrogen) atoms. The fourth-order valence-corrected chi connectivity index (χ4v) is 4.02. The molecule has 2 aromatic heterocycles. The molecule has 0 radical (unpaired) electrons. The highest BCUT2D eigenvalue weighted by Gasteiger charge is 2.10. The van der Waals surface area contributed by atoms with Crippen LogP contribution in [0.5, 0.6) is 5.75 Å². The Morgan fingerprint density at radius 3 is 2.77 bits per heavy atom. The number of aromatic nitrogens is 3. The third kappa shape index (κ3) is 5.15. The van der Waals surface area contributed by atoms with Gasteiger partial charge < -0.3 is 20.0 Å². The molecule has 8 heteroatoms. The third-order valence-corrected chi connectivity index (χ3v) is 5.79. The van der Waals surface area contributed by atoms with Gasteiger partial charge in [-0.3, -0.25) is 0 Å². The summed E-state index contributed by atoms with van der Waals surface area (Å²) in [6, 6.07) is 19.7. The van der Waals surface area contributed by atoms with Gasteiger partial charge in [-0.05, 0) is 65.2 Å². The summed E-state index contributed by atoms with van der Waals surface area (Å²) >= 11 is 6.45. The molecule has 3 aromatic carbocycles. The van der Waals surface area contributed by atoms with Crippen LogP contribution in [-0.2, 0) is 13.2 Å². The summed E-state index contributed by atoms with van der Waals surface area (Å²) in [6.45, 7) is 0.747. The molecule has 2 heterocycles. The summed E-state index contributed by atoms with van der Waals surface area (Å²) < 4.78 is 21.1. The van der Waals surface area contributed by atoms with Crippen LogP contribution in [0.4, 0.5) is 15.9 Å². The molecular weight excluding hydrogens is 465 g/mol. The molecule has 0 aliphatic heterocycles. The average Bonchev–Trinajstić information content (AvgIpc) is 3.32. The third-order valence-electron chi connectivity index (χ3n) is 5.50. The van der Waals surface area contributed by atoms with Crippen LogP contribution in [-0.4, -0.2) is 20.7 Å². The molecule has 174 valence electrons. The van der Waals surface area contributed by atoms with Crippen molar-refractivity contribution in [2.75, 3.05) is 5.32 Å². The van der Waals surface area contributed by atoms with Crippen LogP contribution in [0, 0.1) is 11.2 Å². The SMILES string of the molecule is N=CCn1ccc(-c2ccc3ncnc(Nc4ccc(OCc5cccc(F)c5)c(Cl)c4)c3c2)c1. The quantitative estimate of drug-likeness (QED) is 0.235. The van der Waals surface area contributed by atoms with E-state index in [2.05, 4.69) is 15.3 Å². The topological polar surface area (TPSA) is 75.8 Å². The van der Waals surface area contributed by atoms with Gasteiger partial charge in [-0.15, -0.1) is 0 Å². The maximum atomic E-state index is 13.4. The number of hydrogen-bond donors (Lipinski definition) is 2. The number of halogens is 2. The lowest BCUT2D eigenvalue weighted by Crippen LogP contribution is -1.99. The van der Waals surface area contributed by atoms with Gasteiger partial charge in [-0.1, -0.05) is 29.8 Å². The van der Waals surface area contributed by atoms with Crippen LogP contribution in [0.25, 0.3) is 22.0 Å². The van der Waals surface area contributed by atoms with Crippen molar-refractivity contribution in [3.05, 3.63) is 102 Å². The van der Waals surface area contributed by atoms with E-state index in [1.807, 2.05) is 47.3 Å². The zero-order valence-corrected chi connectivity index (χ0v) is 19.3. The second-order valence-corrected chi connectivity index (χ2v) is 8.35. The average molecular weight is 486 g/mol. The van der Waals surface area contributed by atoms with E-state index >= 15 is 0 Å². The van der Waals surface area contributed by atoms with Crippen LogP contribution in [0.1, 0.15) is 5.56 Å². The van der Waals surface area contributed by atoms with E-state index in [4.69, 9.17) is 21.7 Å². The van der Waals surface area contributed by atoms with Gasteiger partial charge in [-0.2, -0.15) is 0 Å². The Morgan fingerprint density at radius 1 is 1.03 bits per heavy atom. The van der Waals surface area contributed by atoms with E-state index in [-0.39, 0.29) is 12.4 Å². The minimum absolute atomic E-state index is 0.213. The summed E-state index contributed by atoms with van der Waals surface area (Å²) in [5.41, 5.74) is 4.35. The van der Waals surface area contributed by atoms with E-state index in [9.17, 15) is 4.39 Å². The van der Waals surface area contributed by atoms with E-state index in [1.165, 1.54) is 24.7 Å². The van der Waals surface area contributed by atoms with Gasteiger partial charge in [0.15, 0.2) is 0 Å². The number of benzene rings is 3. The molecule has 2 N–H and O–H groups in total. The Balaban J connectivity index is 1.37. The smallest absolute Gasteiger partial charge is 0.141 e. The first kappa shape index (κ1) is 22.6. The second kappa shape index (κ2) is 9.95. The number of fused-ring (bicyclic) bond motifs is 1. The van der Waals surface area contributed by atoms with Gasteiger partial charge in [0.2, 0.25) is 0 Å². The first-order chi connectivity index (χ1) is 17.1. The van der Waals surface area contributed by atoms with Crippen molar-refractivity contribution >= 4 is 40.2 Å². The summed E-state index contributed by atoms with van der Waals surface area (Å²) in [4.78, 5) is 8.83. The minimum atomic E-state index is -0.305. The first-order valence-corrected chi connectivity index (χ1v) is 11.3. The number of rotatable bonds is 8. The molecule has 5 rings (SSSR count). The molecule has 5 aromatic rings. The van der Waals surface area contributed by atoms with Crippen molar-refractivity contribution in [2.45, 2.75) is 13.2 Å². The van der Waals surface area contributed by atoms with Crippen LogP contribution in [0.3, 0.4) is 0 Å². The maximum absolute atomic E-state index is 13.4. The standard InChI is InChI=1S/C27H21ClFN5O/c28-24-14-22(5-7-26(24)35-16-18-2-1-3-21(29)12-18)33-27-23-13-19(4-6-25(23)31-17-32-27)20-8-10-34(15-20)11-9-30/h1-10,12-15,17,30H,11,16H2,(H,31,32,33). The Morgan fingerprint density at radius 2 is 1.94 bits per heavy atom. The maximum Gasteiger partial charge on any atom is 0.141 e. The first-order valence-electron chi connectivity index (χ1n) is 10.9. The van der Waals surface area contributed by atoms with Crippen molar-refractivity contribution in [1.29, 1.82) is 5.41 Å². The molecule has 0 aliphatic rings. The predicted molar refractivity (Wildman–Crippen MR) is 137 cm³/mol. The molecule has 0 aliphatic carbocycles. The zero-order valence-electron chi connectivity index (χ0n) is 18.6. The molecule has 0 bridgehead atoms. The number of nitrogens with zero attached hydrogens (tertiary/aromatic N) is 3. The predicted octanol–water partition coefficient (Wildman–Crippen LogP) is 6.86. The number of hydrogen-bond acceptors (Lipinski definition) is 5. The summed E-state index contributed by atoms with van der Waals surface area (Å²) in [6.07, 6.45) is 6.84. The lowest BCUT2D eigenvalue weighted by molar-refractivity contribution is 0.306. The molecule has 0 spiro atoms. The molecule has 0 amide bonds. The normalized spacial score (nSPS) is 10.9. The van der Waals surface area contributed by atoms with Gasteiger partial charge >= 0.3 is 0 Å². The van der Waals surface area contributed by atoms with Crippen LogP contribution < -0.4 is 10.1 Å². The van der Waals surface area contributed by atoms with Crippen molar-refractivity contribution in [3.63, 3.8) is 0 Å². The number of anilines is 2. The van der Waals surface area contributed by atoms with Crippen molar-refractivity contribution in [2.24, 2.45) is 0 Å². The fourth-order valence-electron chi connectivity index (χ4n) is 3.79.